The molecule has 2 heterocycles. The van der Waals surface area contributed by atoms with E-state index >= 15 is 0 Å². The Kier molecular flexibility index (Phi) is 5.58. The standard InChI is InChI=1S/C30H29N5O/c31-26-20-25-28(21-27(26)32)35(33-29(25)34-16-18-36-19-17-34)30(22-10-4-1-5-11-22,23-12-6-2-7-13-23)24-14-8-3-9-15-24/h1-15,20-21H,16-19,31-32H2. The summed E-state index contributed by atoms with van der Waals surface area (Å²) in [5.74, 6) is 0.896. The maximum atomic E-state index is 6.40. The van der Waals surface area contributed by atoms with Gasteiger partial charge in [-0.3, -0.25) is 0 Å². The molecule has 4 aromatic carbocycles. The normalized spacial score (nSPS) is 14.3. The molecule has 1 aliphatic rings. The van der Waals surface area contributed by atoms with Crippen LogP contribution in [0.1, 0.15) is 16.7 Å². The minimum atomic E-state index is -0.741. The summed E-state index contributed by atoms with van der Waals surface area (Å²) in [6.45, 7) is 2.87. The van der Waals surface area contributed by atoms with Crippen molar-refractivity contribution in [1.29, 1.82) is 0 Å². The first-order valence-electron chi connectivity index (χ1n) is 12.3. The fraction of sp³-hybridized carbons (Fsp3) is 0.167. The van der Waals surface area contributed by atoms with Crippen molar-refractivity contribution in [3.05, 3.63) is 120 Å². The molecule has 4 N–H and O–H groups in total. The second-order valence-corrected chi connectivity index (χ2v) is 9.14. The van der Waals surface area contributed by atoms with Gasteiger partial charge in [0.1, 0.15) is 5.54 Å². The van der Waals surface area contributed by atoms with E-state index in [-0.39, 0.29) is 0 Å². The summed E-state index contributed by atoms with van der Waals surface area (Å²) in [7, 11) is 0. The zero-order valence-corrected chi connectivity index (χ0v) is 20.0. The third-order valence-electron chi connectivity index (χ3n) is 7.07. The van der Waals surface area contributed by atoms with Crippen molar-refractivity contribution < 1.29 is 4.74 Å². The minimum absolute atomic E-state index is 0.542. The van der Waals surface area contributed by atoms with Crippen molar-refractivity contribution in [3.8, 4) is 0 Å². The van der Waals surface area contributed by atoms with Crippen LogP contribution in [0.3, 0.4) is 0 Å². The maximum absolute atomic E-state index is 6.40. The van der Waals surface area contributed by atoms with Gasteiger partial charge in [0.15, 0.2) is 5.82 Å². The van der Waals surface area contributed by atoms with Gasteiger partial charge in [-0.1, -0.05) is 91.0 Å². The quantitative estimate of drug-likeness (QED) is 0.280. The van der Waals surface area contributed by atoms with Crippen molar-refractivity contribution in [2.45, 2.75) is 5.54 Å². The molecule has 6 nitrogen and oxygen atoms in total. The summed E-state index contributed by atoms with van der Waals surface area (Å²) in [6, 6.07) is 35.6. The van der Waals surface area contributed by atoms with E-state index in [1.807, 2.05) is 30.3 Å². The Morgan fingerprint density at radius 2 is 1.14 bits per heavy atom. The van der Waals surface area contributed by atoms with Gasteiger partial charge in [-0.25, -0.2) is 4.68 Å². The molecule has 0 atom stereocenters. The number of anilines is 3. The van der Waals surface area contributed by atoms with Crippen LogP contribution in [0.15, 0.2) is 103 Å². The summed E-state index contributed by atoms with van der Waals surface area (Å²) >= 11 is 0. The molecule has 0 amide bonds. The molecule has 36 heavy (non-hydrogen) atoms. The molecule has 0 unspecified atom stereocenters. The third kappa shape index (κ3) is 3.49. The van der Waals surface area contributed by atoms with Crippen LogP contribution < -0.4 is 16.4 Å². The van der Waals surface area contributed by atoms with Gasteiger partial charge < -0.3 is 21.1 Å². The largest absolute Gasteiger partial charge is 0.397 e. The van der Waals surface area contributed by atoms with E-state index < -0.39 is 5.54 Å². The maximum Gasteiger partial charge on any atom is 0.158 e. The Balaban J connectivity index is 1.76. The number of nitrogens with zero attached hydrogens (tertiary/aromatic N) is 3. The highest BCUT2D eigenvalue weighted by Crippen LogP contribution is 2.44. The molecule has 1 fully saturated rings. The predicted octanol–water partition coefficient (Wildman–Crippen LogP) is 4.88. The molecule has 1 saturated heterocycles. The number of rotatable bonds is 5. The number of benzene rings is 4. The first-order chi connectivity index (χ1) is 17.7. The number of aromatic nitrogens is 2. The average molecular weight is 476 g/mol. The van der Waals surface area contributed by atoms with Crippen LogP contribution in [-0.2, 0) is 10.3 Å². The molecule has 1 aliphatic heterocycles. The minimum Gasteiger partial charge on any atom is -0.397 e. The van der Waals surface area contributed by atoms with Crippen LogP contribution >= 0.6 is 0 Å². The van der Waals surface area contributed by atoms with E-state index in [1.165, 1.54) is 0 Å². The second-order valence-electron chi connectivity index (χ2n) is 9.14. The fourth-order valence-electron chi connectivity index (χ4n) is 5.35. The summed E-state index contributed by atoms with van der Waals surface area (Å²) in [4.78, 5) is 2.28. The lowest BCUT2D eigenvalue weighted by molar-refractivity contribution is 0.122. The number of ether oxygens (including phenoxy) is 1. The van der Waals surface area contributed by atoms with E-state index in [1.54, 1.807) is 0 Å². The number of morpholine rings is 1. The van der Waals surface area contributed by atoms with E-state index in [9.17, 15) is 0 Å². The zero-order valence-electron chi connectivity index (χ0n) is 20.0. The molecule has 5 aromatic rings. The Morgan fingerprint density at radius 1 is 0.667 bits per heavy atom. The SMILES string of the molecule is Nc1cc2c(N3CCOCC3)nn(C(c3ccccc3)(c3ccccc3)c3ccccc3)c2cc1N. The zero-order chi connectivity index (χ0) is 24.5. The van der Waals surface area contributed by atoms with E-state index in [0.717, 1.165) is 46.5 Å². The van der Waals surface area contributed by atoms with Gasteiger partial charge in [0, 0.05) is 18.5 Å². The highest BCUT2D eigenvalue weighted by atomic mass is 16.5. The Hall–Kier alpha value is -4.29. The first-order valence-corrected chi connectivity index (χ1v) is 12.3. The molecule has 6 rings (SSSR count). The molecule has 0 saturated carbocycles. The van der Waals surface area contributed by atoms with Gasteiger partial charge >= 0.3 is 0 Å². The first kappa shape index (κ1) is 22.2. The van der Waals surface area contributed by atoms with Crippen molar-refractivity contribution in [1.82, 2.24) is 9.78 Å². The summed E-state index contributed by atoms with van der Waals surface area (Å²) in [5.41, 5.74) is 17.3. The van der Waals surface area contributed by atoms with Crippen LogP contribution in [0.2, 0.25) is 0 Å². The molecule has 0 spiro atoms. The third-order valence-corrected chi connectivity index (χ3v) is 7.07. The molecule has 0 radical (unpaired) electrons. The van der Waals surface area contributed by atoms with Gasteiger partial charge in [-0.2, -0.15) is 5.10 Å². The number of nitrogen functional groups attached to an aromatic ring is 2. The lowest BCUT2D eigenvalue weighted by Gasteiger charge is -2.37. The Bertz CT molecular complexity index is 1380. The van der Waals surface area contributed by atoms with Crippen LogP contribution in [0.25, 0.3) is 10.9 Å². The lowest BCUT2D eigenvalue weighted by atomic mass is 9.77. The number of hydrogen-bond donors (Lipinski definition) is 2. The average Bonchev–Trinajstić information content (AvgIpc) is 3.30. The number of nitrogens with two attached hydrogens (primary N) is 2. The highest BCUT2D eigenvalue weighted by molar-refractivity contribution is 5.97. The van der Waals surface area contributed by atoms with E-state index in [2.05, 4.69) is 82.4 Å². The monoisotopic (exact) mass is 475 g/mol. The van der Waals surface area contributed by atoms with E-state index in [0.29, 0.717) is 24.6 Å². The topological polar surface area (TPSA) is 82.3 Å². The van der Waals surface area contributed by atoms with E-state index in [4.69, 9.17) is 21.3 Å². The van der Waals surface area contributed by atoms with Crippen molar-refractivity contribution >= 4 is 28.1 Å². The summed E-state index contributed by atoms with van der Waals surface area (Å²) in [5, 5.41) is 6.35. The Labute approximate surface area is 210 Å². The second kappa shape index (κ2) is 9.06. The van der Waals surface area contributed by atoms with Crippen LogP contribution in [0, 0.1) is 0 Å². The molecule has 180 valence electrons. The lowest BCUT2D eigenvalue weighted by Crippen LogP contribution is -2.40. The summed E-state index contributed by atoms with van der Waals surface area (Å²) < 4.78 is 7.78. The van der Waals surface area contributed by atoms with Crippen molar-refractivity contribution in [2.75, 3.05) is 42.7 Å². The van der Waals surface area contributed by atoms with Crippen LogP contribution in [0.5, 0.6) is 0 Å². The highest BCUT2D eigenvalue weighted by Gasteiger charge is 2.41. The molecular formula is C30H29N5O. The number of hydrogen-bond acceptors (Lipinski definition) is 5. The van der Waals surface area contributed by atoms with Crippen LogP contribution in [0.4, 0.5) is 17.2 Å². The van der Waals surface area contributed by atoms with Gasteiger partial charge in [0.05, 0.1) is 30.1 Å². The number of fused-ring (bicyclic) bond motifs is 1. The fourth-order valence-corrected chi connectivity index (χ4v) is 5.35. The van der Waals surface area contributed by atoms with Gasteiger partial charge in [0.25, 0.3) is 0 Å². The molecule has 1 aromatic heterocycles. The van der Waals surface area contributed by atoms with Gasteiger partial charge in [-0.15, -0.1) is 0 Å². The summed E-state index contributed by atoms with van der Waals surface area (Å²) in [6.07, 6.45) is 0. The molecule has 0 aliphatic carbocycles. The van der Waals surface area contributed by atoms with Gasteiger partial charge in [-0.05, 0) is 28.8 Å². The molecule has 6 heteroatoms. The molecular weight excluding hydrogens is 446 g/mol. The van der Waals surface area contributed by atoms with Gasteiger partial charge in [0.2, 0.25) is 0 Å². The van der Waals surface area contributed by atoms with Crippen molar-refractivity contribution in [3.63, 3.8) is 0 Å². The van der Waals surface area contributed by atoms with Crippen molar-refractivity contribution in [2.24, 2.45) is 0 Å². The Morgan fingerprint density at radius 3 is 1.64 bits per heavy atom. The van der Waals surface area contributed by atoms with Crippen LogP contribution in [-0.4, -0.2) is 36.1 Å². The molecule has 0 bridgehead atoms. The smallest absolute Gasteiger partial charge is 0.158 e. The predicted molar refractivity (Wildman–Crippen MR) is 146 cm³/mol.